The number of hydrogen-bond acceptors (Lipinski definition) is 6. The van der Waals surface area contributed by atoms with Gasteiger partial charge in [0.2, 0.25) is 0 Å². The Morgan fingerprint density at radius 2 is 1.86 bits per heavy atom. The molecule has 8 heteroatoms. The molecule has 2 aromatic carbocycles. The van der Waals surface area contributed by atoms with Crippen molar-refractivity contribution in [2.75, 3.05) is 31.8 Å². The highest BCUT2D eigenvalue weighted by Gasteiger charge is 2.19. The number of halogens is 1. The van der Waals surface area contributed by atoms with Gasteiger partial charge in [0.05, 0.1) is 31.8 Å². The van der Waals surface area contributed by atoms with Crippen LogP contribution in [0.3, 0.4) is 0 Å². The summed E-state index contributed by atoms with van der Waals surface area (Å²) in [6.07, 6.45) is 0.0766. The maximum Gasteiger partial charge on any atom is 0.338 e. The normalized spacial score (nSPS) is 10.0. The minimum atomic E-state index is -0.707. The van der Waals surface area contributed by atoms with E-state index in [0.717, 1.165) is 0 Å². The van der Waals surface area contributed by atoms with Crippen molar-refractivity contribution in [3.8, 4) is 17.6 Å². The Labute approximate surface area is 168 Å². The summed E-state index contributed by atoms with van der Waals surface area (Å²) in [6, 6.07) is 11.8. The smallest absolute Gasteiger partial charge is 0.338 e. The van der Waals surface area contributed by atoms with Crippen LogP contribution in [0.5, 0.6) is 11.5 Å². The van der Waals surface area contributed by atoms with Crippen LogP contribution in [0.2, 0.25) is 0 Å². The van der Waals surface area contributed by atoms with Gasteiger partial charge in [0.25, 0.3) is 5.91 Å². The van der Waals surface area contributed by atoms with Gasteiger partial charge in [0, 0.05) is 12.2 Å². The molecule has 152 valence electrons. The summed E-state index contributed by atoms with van der Waals surface area (Å²) in [5, 5.41) is 8.81. The van der Waals surface area contributed by atoms with E-state index in [9.17, 15) is 14.0 Å². The van der Waals surface area contributed by atoms with Crippen LogP contribution in [-0.4, -0.2) is 38.7 Å². The summed E-state index contributed by atoms with van der Waals surface area (Å²) >= 11 is 0. The first-order valence-corrected chi connectivity index (χ1v) is 8.91. The molecule has 0 aliphatic rings. The number of rotatable bonds is 9. The van der Waals surface area contributed by atoms with Crippen molar-refractivity contribution in [2.45, 2.75) is 13.3 Å². The number of amides is 1. The molecule has 0 N–H and O–H groups in total. The Hall–Kier alpha value is -3.60. The zero-order valence-corrected chi connectivity index (χ0v) is 16.2. The molecule has 2 aromatic rings. The van der Waals surface area contributed by atoms with Crippen LogP contribution in [0, 0.1) is 17.1 Å². The fourth-order valence-corrected chi connectivity index (χ4v) is 2.54. The Morgan fingerprint density at radius 1 is 1.14 bits per heavy atom. The molecule has 29 heavy (non-hydrogen) atoms. The quantitative estimate of drug-likeness (QED) is 0.600. The third-order valence-electron chi connectivity index (χ3n) is 3.91. The number of carbonyl (C=O) groups excluding carboxylic acids is 2. The SMILES string of the molecule is CCOc1cc(C(=O)OCC(=O)N(CCC#N)c2ccc(F)cc2)ccc1OC. The second-order valence-corrected chi connectivity index (χ2v) is 5.80. The Morgan fingerprint density at radius 3 is 2.48 bits per heavy atom. The fourth-order valence-electron chi connectivity index (χ4n) is 2.54. The fraction of sp³-hybridized carbons (Fsp3) is 0.286. The lowest BCUT2D eigenvalue weighted by Gasteiger charge is -2.21. The molecule has 0 atom stereocenters. The second-order valence-electron chi connectivity index (χ2n) is 5.80. The van der Waals surface area contributed by atoms with Gasteiger partial charge >= 0.3 is 5.97 Å². The van der Waals surface area contributed by atoms with Crippen LogP contribution in [-0.2, 0) is 9.53 Å². The lowest BCUT2D eigenvalue weighted by atomic mass is 10.2. The van der Waals surface area contributed by atoms with Gasteiger partial charge in [-0.2, -0.15) is 5.26 Å². The molecule has 0 fully saturated rings. The third kappa shape index (κ3) is 5.94. The van der Waals surface area contributed by atoms with E-state index in [1.165, 1.54) is 48.4 Å². The van der Waals surface area contributed by atoms with Crippen LogP contribution in [0.4, 0.5) is 10.1 Å². The summed E-state index contributed by atoms with van der Waals surface area (Å²) in [4.78, 5) is 26.1. The number of esters is 1. The number of anilines is 1. The van der Waals surface area contributed by atoms with Gasteiger partial charge in [-0.3, -0.25) is 4.79 Å². The van der Waals surface area contributed by atoms with E-state index in [-0.39, 0.29) is 18.5 Å². The number of carbonyl (C=O) groups is 2. The lowest BCUT2D eigenvalue weighted by molar-refractivity contribution is -0.121. The summed E-state index contributed by atoms with van der Waals surface area (Å²) in [7, 11) is 1.49. The molecule has 0 unspecified atom stereocenters. The average Bonchev–Trinajstić information content (AvgIpc) is 2.73. The van der Waals surface area contributed by atoms with Gasteiger partial charge in [-0.1, -0.05) is 0 Å². The van der Waals surface area contributed by atoms with E-state index in [1.54, 1.807) is 13.0 Å². The molecule has 0 heterocycles. The van der Waals surface area contributed by atoms with E-state index in [4.69, 9.17) is 19.5 Å². The molecule has 0 aliphatic heterocycles. The Bertz CT molecular complexity index is 893. The van der Waals surface area contributed by atoms with E-state index >= 15 is 0 Å². The first-order chi connectivity index (χ1) is 14.0. The van der Waals surface area contributed by atoms with Crippen LogP contribution < -0.4 is 14.4 Å². The van der Waals surface area contributed by atoms with Crippen molar-refractivity contribution < 1.29 is 28.2 Å². The number of benzene rings is 2. The highest BCUT2D eigenvalue weighted by atomic mass is 19.1. The first kappa shape index (κ1) is 21.7. The molecule has 0 saturated carbocycles. The average molecular weight is 400 g/mol. The van der Waals surface area contributed by atoms with Gasteiger partial charge in [0.15, 0.2) is 18.1 Å². The van der Waals surface area contributed by atoms with Gasteiger partial charge < -0.3 is 19.1 Å². The summed E-state index contributed by atoms with van der Waals surface area (Å²) in [6.45, 7) is 1.75. The molecule has 0 aliphatic carbocycles. The predicted molar refractivity (Wildman–Crippen MR) is 103 cm³/mol. The molecule has 0 aromatic heterocycles. The topological polar surface area (TPSA) is 88.9 Å². The van der Waals surface area contributed by atoms with Crippen LogP contribution >= 0.6 is 0 Å². The van der Waals surface area contributed by atoms with E-state index in [2.05, 4.69) is 0 Å². The zero-order chi connectivity index (χ0) is 21.2. The number of hydrogen-bond donors (Lipinski definition) is 0. The standard InChI is InChI=1S/C21H21FN2O5/c1-3-28-19-13-15(5-10-18(19)27-2)21(26)29-14-20(25)24(12-4-11-23)17-8-6-16(22)7-9-17/h5-10,13H,3-4,12,14H2,1-2H3. The van der Waals surface area contributed by atoms with E-state index in [1.807, 2.05) is 6.07 Å². The second kappa shape index (κ2) is 10.7. The third-order valence-corrected chi connectivity index (χ3v) is 3.91. The Kier molecular flexibility index (Phi) is 7.98. The molecular weight excluding hydrogens is 379 g/mol. The van der Waals surface area contributed by atoms with Gasteiger partial charge in [0.1, 0.15) is 5.82 Å². The van der Waals surface area contributed by atoms with Crippen molar-refractivity contribution in [2.24, 2.45) is 0 Å². The molecular formula is C21H21FN2O5. The van der Waals surface area contributed by atoms with E-state index in [0.29, 0.717) is 23.8 Å². The monoisotopic (exact) mass is 400 g/mol. The maximum atomic E-state index is 13.1. The van der Waals surface area contributed by atoms with Crippen LogP contribution in [0.15, 0.2) is 42.5 Å². The molecule has 2 rings (SSSR count). The van der Waals surface area contributed by atoms with Gasteiger partial charge in [-0.15, -0.1) is 0 Å². The minimum absolute atomic E-state index is 0.0766. The molecule has 0 spiro atoms. The lowest BCUT2D eigenvalue weighted by Crippen LogP contribution is -2.35. The van der Waals surface area contributed by atoms with Crippen LogP contribution in [0.25, 0.3) is 0 Å². The molecule has 7 nitrogen and oxygen atoms in total. The van der Waals surface area contributed by atoms with E-state index < -0.39 is 24.3 Å². The minimum Gasteiger partial charge on any atom is -0.493 e. The number of methoxy groups -OCH3 is 1. The largest absolute Gasteiger partial charge is 0.493 e. The van der Waals surface area contributed by atoms with Crippen molar-refractivity contribution in [3.63, 3.8) is 0 Å². The maximum absolute atomic E-state index is 13.1. The van der Waals surface area contributed by atoms with Crippen LogP contribution in [0.1, 0.15) is 23.7 Å². The number of nitrogens with zero attached hydrogens (tertiary/aromatic N) is 2. The van der Waals surface area contributed by atoms with Gasteiger partial charge in [-0.05, 0) is 49.4 Å². The molecule has 0 radical (unpaired) electrons. The number of ether oxygens (including phenoxy) is 3. The summed E-state index contributed by atoms with van der Waals surface area (Å²) < 4.78 is 28.9. The zero-order valence-electron chi connectivity index (χ0n) is 16.2. The Balaban J connectivity index is 2.08. The van der Waals surface area contributed by atoms with Crippen molar-refractivity contribution in [1.82, 2.24) is 0 Å². The van der Waals surface area contributed by atoms with Gasteiger partial charge in [-0.25, -0.2) is 9.18 Å². The molecule has 0 bridgehead atoms. The molecule has 1 amide bonds. The predicted octanol–water partition coefficient (Wildman–Crippen LogP) is 3.34. The molecule has 0 saturated heterocycles. The number of nitriles is 1. The summed E-state index contributed by atoms with van der Waals surface area (Å²) in [5.41, 5.74) is 0.609. The summed E-state index contributed by atoms with van der Waals surface area (Å²) in [5.74, 6) is -0.825. The highest BCUT2D eigenvalue weighted by Crippen LogP contribution is 2.28. The van der Waals surface area contributed by atoms with Crippen molar-refractivity contribution >= 4 is 17.6 Å². The highest BCUT2D eigenvalue weighted by molar-refractivity contribution is 5.97. The van der Waals surface area contributed by atoms with Crippen molar-refractivity contribution in [3.05, 3.63) is 53.8 Å². The first-order valence-electron chi connectivity index (χ1n) is 8.91. The van der Waals surface area contributed by atoms with Crippen molar-refractivity contribution in [1.29, 1.82) is 5.26 Å².